The summed E-state index contributed by atoms with van der Waals surface area (Å²) >= 11 is 0. The highest BCUT2D eigenvalue weighted by atomic mass is 32.2. The monoisotopic (exact) mass is 424 g/mol. The number of carbonyl (C=O) groups is 1. The van der Waals surface area contributed by atoms with E-state index in [9.17, 15) is 17.6 Å². The van der Waals surface area contributed by atoms with Crippen LogP contribution in [0.1, 0.15) is 32.1 Å². The third-order valence-corrected chi connectivity index (χ3v) is 7.51. The molecule has 0 unspecified atom stereocenters. The van der Waals surface area contributed by atoms with Gasteiger partial charge >= 0.3 is 0 Å². The smallest absolute Gasteiger partial charge is 0.222 e. The van der Waals surface area contributed by atoms with Crippen molar-refractivity contribution in [3.63, 3.8) is 0 Å². The average molecular weight is 425 g/mol. The predicted molar refractivity (Wildman–Crippen MR) is 109 cm³/mol. The zero-order valence-corrected chi connectivity index (χ0v) is 17.4. The number of hydrogen-bond donors (Lipinski definition) is 1. The third kappa shape index (κ3) is 6.27. The van der Waals surface area contributed by atoms with Crippen molar-refractivity contribution in [3.05, 3.63) is 36.2 Å². The maximum absolute atomic E-state index is 12.7. The van der Waals surface area contributed by atoms with E-state index in [1.54, 1.807) is 12.1 Å². The summed E-state index contributed by atoms with van der Waals surface area (Å²) in [6.07, 6.45) is 4.81. The van der Waals surface area contributed by atoms with Gasteiger partial charge in [0.15, 0.2) is 9.84 Å². The minimum atomic E-state index is -3.41. The van der Waals surface area contributed by atoms with Gasteiger partial charge in [-0.1, -0.05) is 0 Å². The van der Waals surface area contributed by atoms with Crippen molar-refractivity contribution in [2.75, 3.05) is 32.0 Å². The highest BCUT2D eigenvalue weighted by Gasteiger charge is 2.30. The number of nitrogens with two attached hydrogens (primary N) is 1. The van der Waals surface area contributed by atoms with E-state index >= 15 is 0 Å². The van der Waals surface area contributed by atoms with E-state index in [-0.39, 0.29) is 35.6 Å². The Bertz CT molecular complexity index is 827. The fraction of sp³-hybridized carbons (Fsp3) is 0.571. The number of sulfone groups is 1. The number of amides is 1. The fourth-order valence-electron chi connectivity index (χ4n) is 3.51. The molecule has 0 radical (unpaired) electrons. The van der Waals surface area contributed by atoms with Gasteiger partial charge in [0.25, 0.3) is 0 Å². The first-order valence-corrected chi connectivity index (χ1v) is 11.8. The summed E-state index contributed by atoms with van der Waals surface area (Å²) in [5.41, 5.74) is 5.70. The molecule has 0 spiro atoms. The van der Waals surface area contributed by atoms with E-state index in [0.29, 0.717) is 55.9 Å². The summed E-state index contributed by atoms with van der Waals surface area (Å²) in [5.74, 6) is 1.38. The van der Waals surface area contributed by atoms with Gasteiger partial charge in [-0.05, 0) is 61.8 Å². The molecule has 160 valence electrons. The molecule has 0 aromatic heterocycles. The second-order valence-corrected chi connectivity index (χ2v) is 10.0. The van der Waals surface area contributed by atoms with Gasteiger partial charge in [0, 0.05) is 31.6 Å². The van der Waals surface area contributed by atoms with Crippen LogP contribution in [0, 0.1) is 11.8 Å². The van der Waals surface area contributed by atoms with Crippen molar-refractivity contribution >= 4 is 15.7 Å². The Hall–Kier alpha value is -1.93. The van der Waals surface area contributed by atoms with Crippen molar-refractivity contribution < 1.29 is 22.3 Å². The Morgan fingerprint density at radius 2 is 1.79 bits per heavy atom. The summed E-state index contributed by atoms with van der Waals surface area (Å²) in [4.78, 5) is 14.3. The second kappa shape index (κ2) is 9.71. The molecule has 1 aromatic rings. The van der Waals surface area contributed by atoms with E-state index < -0.39 is 9.84 Å². The van der Waals surface area contributed by atoms with Crippen LogP contribution in [-0.4, -0.2) is 51.2 Å². The molecule has 1 saturated carbocycles. The molecule has 1 aromatic carbocycles. The van der Waals surface area contributed by atoms with Gasteiger partial charge in [-0.2, -0.15) is 0 Å². The zero-order chi connectivity index (χ0) is 20.9. The molecule has 0 bridgehead atoms. The molecule has 2 N–H and O–H groups in total. The molecule has 6 nitrogen and oxygen atoms in total. The lowest BCUT2D eigenvalue weighted by Gasteiger charge is -2.32. The molecule has 2 fully saturated rings. The Balaban J connectivity index is 1.49. The van der Waals surface area contributed by atoms with Crippen molar-refractivity contribution in [2.45, 2.75) is 37.0 Å². The third-order valence-electron chi connectivity index (χ3n) is 5.61. The van der Waals surface area contributed by atoms with Crippen molar-refractivity contribution in [1.29, 1.82) is 0 Å². The second-order valence-electron chi connectivity index (χ2n) is 7.98. The van der Waals surface area contributed by atoms with Crippen LogP contribution in [0.15, 0.2) is 41.1 Å². The number of carbonyl (C=O) groups excluding carboxylic acids is 1. The first-order chi connectivity index (χ1) is 13.9. The predicted octanol–water partition coefficient (Wildman–Crippen LogP) is 2.69. The van der Waals surface area contributed by atoms with E-state index in [2.05, 4.69) is 0 Å². The Kier molecular flexibility index (Phi) is 7.29. The van der Waals surface area contributed by atoms with Gasteiger partial charge < -0.3 is 15.4 Å². The topological polar surface area (TPSA) is 89.7 Å². The van der Waals surface area contributed by atoms with Crippen LogP contribution >= 0.6 is 0 Å². The number of ether oxygens (including phenoxy) is 1. The molecule has 29 heavy (non-hydrogen) atoms. The van der Waals surface area contributed by atoms with Crippen molar-refractivity contribution in [3.8, 4) is 5.75 Å². The van der Waals surface area contributed by atoms with Crippen LogP contribution in [-0.2, 0) is 14.6 Å². The quantitative estimate of drug-likeness (QED) is 0.658. The van der Waals surface area contributed by atoms with Crippen molar-refractivity contribution in [2.24, 2.45) is 17.6 Å². The van der Waals surface area contributed by atoms with Gasteiger partial charge in [0.1, 0.15) is 12.4 Å². The maximum Gasteiger partial charge on any atom is 0.222 e. The Labute approximate surface area is 171 Å². The van der Waals surface area contributed by atoms with Crippen LogP contribution in [0.4, 0.5) is 4.39 Å². The van der Waals surface area contributed by atoms with Gasteiger partial charge in [-0.15, -0.1) is 0 Å². The number of benzene rings is 1. The highest BCUT2D eigenvalue weighted by molar-refractivity contribution is 7.91. The number of nitrogens with zero attached hydrogens (tertiary/aromatic N) is 1. The van der Waals surface area contributed by atoms with Gasteiger partial charge in [-0.25, -0.2) is 12.8 Å². The molecule has 2 aliphatic rings. The summed E-state index contributed by atoms with van der Waals surface area (Å²) in [6.45, 7) is 1.37. The first-order valence-electron chi connectivity index (χ1n) is 10.1. The Morgan fingerprint density at radius 3 is 2.34 bits per heavy atom. The lowest BCUT2D eigenvalue weighted by molar-refractivity contribution is -0.132. The van der Waals surface area contributed by atoms with E-state index in [4.69, 9.17) is 10.5 Å². The van der Waals surface area contributed by atoms with Gasteiger partial charge in [-0.3, -0.25) is 4.79 Å². The minimum absolute atomic E-state index is 0.0249. The van der Waals surface area contributed by atoms with Crippen molar-refractivity contribution in [1.82, 2.24) is 4.90 Å². The molecule has 1 heterocycles. The summed E-state index contributed by atoms with van der Waals surface area (Å²) in [7, 11) is -3.41. The Morgan fingerprint density at radius 1 is 1.14 bits per heavy atom. The fourth-order valence-corrected chi connectivity index (χ4v) is 5.20. The van der Waals surface area contributed by atoms with Gasteiger partial charge in [0.2, 0.25) is 5.91 Å². The lowest BCUT2D eigenvalue weighted by atomic mass is 9.98. The number of piperidine rings is 1. The number of hydrogen-bond acceptors (Lipinski definition) is 5. The largest absolute Gasteiger partial charge is 0.489 e. The van der Waals surface area contributed by atoms with Gasteiger partial charge in [0.05, 0.1) is 17.0 Å². The number of halogens is 1. The molecule has 1 aliphatic carbocycles. The van der Waals surface area contributed by atoms with E-state index in [0.717, 1.165) is 12.8 Å². The molecule has 1 amide bonds. The van der Waals surface area contributed by atoms with E-state index in [1.165, 1.54) is 12.1 Å². The molecule has 8 heteroatoms. The molecule has 0 atom stereocenters. The molecule has 1 saturated heterocycles. The molecular formula is C21H29FN2O4S. The standard InChI is InChI=1S/C21H29FN2O4S/c22-12-18(13-23)14-28-19-3-5-20(6-4-19)29(26,27)15-17-7-9-24(10-8-17)21(25)11-16-1-2-16/h3-6,12,16-17H,1-2,7-11,13-15,23H2/b18-12+. The summed E-state index contributed by atoms with van der Waals surface area (Å²) < 4.78 is 43.4. The van der Waals surface area contributed by atoms with Crippen LogP contribution < -0.4 is 10.5 Å². The molecular weight excluding hydrogens is 395 g/mol. The minimum Gasteiger partial charge on any atom is -0.489 e. The summed E-state index contributed by atoms with van der Waals surface area (Å²) in [6, 6.07) is 6.16. The summed E-state index contributed by atoms with van der Waals surface area (Å²) in [5, 5.41) is 0. The number of likely N-dealkylation sites (tertiary alicyclic amines) is 1. The van der Waals surface area contributed by atoms with Crippen LogP contribution in [0.3, 0.4) is 0 Å². The zero-order valence-electron chi connectivity index (χ0n) is 16.6. The average Bonchev–Trinajstić information content (AvgIpc) is 3.53. The first kappa shape index (κ1) is 21.8. The van der Waals surface area contributed by atoms with Crippen LogP contribution in [0.5, 0.6) is 5.75 Å². The van der Waals surface area contributed by atoms with Crippen LogP contribution in [0.2, 0.25) is 0 Å². The molecule has 3 rings (SSSR count). The normalized spacial score (nSPS) is 18.7. The van der Waals surface area contributed by atoms with E-state index in [1.807, 2.05) is 4.90 Å². The molecule has 1 aliphatic heterocycles. The highest BCUT2D eigenvalue weighted by Crippen LogP contribution is 2.33. The SMILES string of the molecule is NC/C(=C\F)COc1ccc(S(=O)(=O)CC2CCN(C(=O)CC3CC3)CC2)cc1. The lowest BCUT2D eigenvalue weighted by Crippen LogP contribution is -2.40. The maximum atomic E-state index is 12.7. The van der Waals surface area contributed by atoms with Crippen LogP contribution in [0.25, 0.3) is 0 Å². The number of rotatable bonds is 9.